The number of nitrogens with one attached hydrogen (secondary N) is 1. The van der Waals surface area contributed by atoms with Crippen LogP contribution in [0.4, 0.5) is 0 Å². The van der Waals surface area contributed by atoms with Crippen LogP contribution in [0.2, 0.25) is 0 Å². The van der Waals surface area contributed by atoms with Gasteiger partial charge in [-0.2, -0.15) is 0 Å². The fraction of sp³-hybridized carbons (Fsp3) is 0.471. The first kappa shape index (κ1) is 17.6. The third-order valence-corrected chi connectivity index (χ3v) is 5.96. The van der Waals surface area contributed by atoms with Crippen LogP contribution in [0.1, 0.15) is 20.8 Å². The fourth-order valence-electron chi connectivity index (χ4n) is 3.15. The van der Waals surface area contributed by atoms with E-state index in [0.717, 1.165) is 0 Å². The highest BCUT2D eigenvalue weighted by atomic mass is 32.2. The van der Waals surface area contributed by atoms with E-state index in [1.807, 2.05) is 6.07 Å². The van der Waals surface area contributed by atoms with Gasteiger partial charge in [-0.25, -0.2) is 0 Å². The lowest BCUT2D eigenvalue weighted by Gasteiger charge is -2.45. The van der Waals surface area contributed by atoms with Gasteiger partial charge in [0.2, 0.25) is 5.91 Å². The summed E-state index contributed by atoms with van der Waals surface area (Å²) in [5.74, 6) is -1.55. The predicted molar refractivity (Wildman–Crippen MR) is 89.6 cm³/mol. The van der Waals surface area contributed by atoms with Gasteiger partial charge in [0, 0.05) is 4.75 Å². The fourth-order valence-corrected chi connectivity index (χ4v) is 4.77. The quantitative estimate of drug-likeness (QED) is 0.725. The number of fused-ring (bicyclic) bond motifs is 1. The number of hydrogen-bond donors (Lipinski definition) is 1. The van der Waals surface area contributed by atoms with Gasteiger partial charge in [-0.1, -0.05) is 18.2 Å². The van der Waals surface area contributed by atoms with Crippen LogP contribution >= 0.6 is 11.8 Å². The zero-order valence-electron chi connectivity index (χ0n) is 14.1. The molecule has 0 aromatic heterocycles. The van der Waals surface area contributed by atoms with Crippen LogP contribution in [0.3, 0.4) is 0 Å². The maximum atomic E-state index is 12.3. The number of β-lactam (4-membered cyclic amide) rings is 1. The lowest BCUT2D eigenvalue weighted by atomic mass is 9.96. The third-order valence-electron chi connectivity index (χ3n) is 4.39. The molecule has 25 heavy (non-hydrogen) atoms. The number of thioether (sulfide) groups is 1. The van der Waals surface area contributed by atoms with Gasteiger partial charge in [-0.3, -0.25) is 9.59 Å². The van der Waals surface area contributed by atoms with Crippen molar-refractivity contribution in [2.75, 3.05) is 0 Å². The Hall–Kier alpha value is -2.22. The molecule has 0 saturated carbocycles. The van der Waals surface area contributed by atoms with Gasteiger partial charge in [0.05, 0.1) is 12.0 Å². The Bertz CT molecular complexity index is 708. The number of hydrogen-bond acceptors (Lipinski definition) is 6. The van der Waals surface area contributed by atoms with Crippen molar-refractivity contribution in [2.24, 2.45) is 0 Å². The van der Waals surface area contributed by atoms with Crippen LogP contribution in [0.5, 0.6) is 5.75 Å². The van der Waals surface area contributed by atoms with Crippen molar-refractivity contribution in [2.45, 2.75) is 49.1 Å². The van der Waals surface area contributed by atoms with Crippen molar-refractivity contribution in [3.63, 3.8) is 0 Å². The van der Waals surface area contributed by atoms with Crippen molar-refractivity contribution in [1.29, 1.82) is 0 Å². The van der Waals surface area contributed by atoms with E-state index in [1.165, 1.54) is 16.7 Å². The molecule has 1 aromatic carbocycles. The van der Waals surface area contributed by atoms with Crippen LogP contribution in [-0.4, -0.2) is 51.0 Å². The highest BCUT2D eigenvalue weighted by Crippen LogP contribution is 2.50. The number of para-hydroxylation sites is 1. The van der Waals surface area contributed by atoms with Crippen molar-refractivity contribution < 1.29 is 24.2 Å². The first-order valence-corrected chi connectivity index (χ1v) is 8.83. The predicted octanol–water partition coefficient (Wildman–Crippen LogP) is -0.249. The van der Waals surface area contributed by atoms with Gasteiger partial charge in [-0.05, 0) is 32.9 Å². The average molecular weight is 363 g/mol. The van der Waals surface area contributed by atoms with Crippen LogP contribution in [0.25, 0.3) is 0 Å². The first-order valence-electron chi connectivity index (χ1n) is 7.95. The standard InChI is InChI=1S/C17H20N2O5S/c1-9(24-10-7-5-4-6-8-10)13(20)18-11-14(21)19-12(16(22)23)17(2,3)25-15(11)19/h4-9,11-12,15H,1-3H3,(H,18,20)(H,22,23)/p-1/t9-,11+,12+,15+/m0/s1. The number of carboxylic acids is 1. The van der Waals surface area contributed by atoms with Crippen molar-refractivity contribution in [3.05, 3.63) is 30.3 Å². The Balaban J connectivity index is 1.64. The molecule has 4 atom stereocenters. The molecule has 134 valence electrons. The van der Waals surface area contributed by atoms with Crippen LogP contribution < -0.4 is 15.2 Å². The molecule has 2 aliphatic heterocycles. The molecule has 2 aliphatic rings. The van der Waals surface area contributed by atoms with Crippen molar-refractivity contribution in [3.8, 4) is 5.75 Å². The zero-order valence-corrected chi connectivity index (χ0v) is 14.9. The Morgan fingerprint density at radius 3 is 2.56 bits per heavy atom. The van der Waals surface area contributed by atoms with E-state index in [-0.39, 0.29) is 0 Å². The number of amides is 2. The molecular formula is C17H19N2O5S-. The monoisotopic (exact) mass is 363 g/mol. The lowest BCUT2D eigenvalue weighted by molar-refractivity contribution is -0.312. The number of ether oxygens (including phenoxy) is 1. The smallest absolute Gasteiger partial charge is 0.261 e. The van der Waals surface area contributed by atoms with E-state index < -0.39 is 46.1 Å². The number of carbonyl (C=O) groups excluding carboxylic acids is 3. The highest BCUT2D eigenvalue weighted by Gasteiger charge is 2.62. The lowest BCUT2D eigenvalue weighted by Crippen LogP contribution is -2.72. The molecule has 8 heteroatoms. The summed E-state index contributed by atoms with van der Waals surface area (Å²) in [4.78, 5) is 37.3. The topological polar surface area (TPSA) is 98.8 Å². The molecule has 0 radical (unpaired) electrons. The molecular weight excluding hydrogens is 344 g/mol. The second-order valence-electron chi connectivity index (χ2n) is 6.64. The van der Waals surface area contributed by atoms with Gasteiger partial charge in [0.1, 0.15) is 17.2 Å². The minimum absolute atomic E-state index is 0.404. The summed E-state index contributed by atoms with van der Waals surface area (Å²) in [6.07, 6.45) is -0.777. The Morgan fingerprint density at radius 2 is 1.96 bits per heavy atom. The van der Waals surface area contributed by atoms with E-state index in [9.17, 15) is 19.5 Å². The summed E-state index contributed by atoms with van der Waals surface area (Å²) in [6, 6.07) is 7.16. The van der Waals surface area contributed by atoms with Gasteiger partial charge < -0.3 is 24.9 Å². The minimum atomic E-state index is -1.28. The maximum absolute atomic E-state index is 12.3. The Kier molecular flexibility index (Phi) is 4.40. The summed E-state index contributed by atoms with van der Waals surface area (Å²) in [5.41, 5.74) is 0. The van der Waals surface area contributed by atoms with E-state index in [2.05, 4.69) is 5.32 Å². The number of aliphatic carboxylic acids is 1. The summed E-state index contributed by atoms with van der Waals surface area (Å²) >= 11 is 1.35. The molecule has 1 N–H and O–H groups in total. The maximum Gasteiger partial charge on any atom is 0.261 e. The largest absolute Gasteiger partial charge is 0.548 e. The summed E-state index contributed by atoms with van der Waals surface area (Å²) in [6.45, 7) is 5.10. The molecule has 7 nitrogen and oxygen atoms in total. The second kappa shape index (κ2) is 6.25. The van der Waals surface area contributed by atoms with Crippen molar-refractivity contribution in [1.82, 2.24) is 10.2 Å². The molecule has 0 unspecified atom stereocenters. The van der Waals surface area contributed by atoms with Gasteiger partial charge in [0.15, 0.2) is 6.10 Å². The number of benzene rings is 1. The highest BCUT2D eigenvalue weighted by molar-refractivity contribution is 8.01. The Morgan fingerprint density at radius 1 is 1.32 bits per heavy atom. The number of nitrogens with zero attached hydrogens (tertiary/aromatic N) is 1. The van der Waals surface area contributed by atoms with Crippen LogP contribution in [0, 0.1) is 0 Å². The average Bonchev–Trinajstić information content (AvgIpc) is 2.81. The van der Waals surface area contributed by atoms with Crippen LogP contribution in [-0.2, 0) is 14.4 Å². The molecule has 2 saturated heterocycles. The summed E-state index contributed by atoms with van der Waals surface area (Å²) < 4.78 is 4.87. The van der Waals surface area contributed by atoms with E-state index >= 15 is 0 Å². The van der Waals surface area contributed by atoms with Crippen molar-refractivity contribution >= 4 is 29.5 Å². The second-order valence-corrected chi connectivity index (χ2v) is 8.41. The summed E-state index contributed by atoms with van der Waals surface area (Å²) in [7, 11) is 0. The SMILES string of the molecule is C[C@H](Oc1ccccc1)C(=O)N[C@@H]1C(=O)N2[C@@H]1SC(C)(C)[C@H]2C(=O)[O-]. The van der Waals surface area contributed by atoms with Crippen LogP contribution in [0.15, 0.2) is 30.3 Å². The third kappa shape index (κ3) is 3.06. The molecule has 3 rings (SSSR count). The van der Waals surface area contributed by atoms with E-state index in [0.29, 0.717) is 5.75 Å². The molecule has 0 bridgehead atoms. The van der Waals surface area contributed by atoms with Gasteiger partial charge in [-0.15, -0.1) is 11.8 Å². The van der Waals surface area contributed by atoms with E-state index in [4.69, 9.17) is 4.74 Å². The van der Waals surface area contributed by atoms with Gasteiger partial charge >= 0.3 is 0 Å². The zero-order chi connectivity index (χ0) is 18.4. The minimum Gasteiger partial charge on any atom is -0.548 e. The number of carbonyl (C=O) groups is 3. The van der Waals surface area contributed by atoms with Gasteiger partial charge in [0.25, 0.3) is 5.91 Å². The molecule has 2 heterocycles. The Labute approximate surface area is 149 Å². The number of carboxylic acid groups (broad SMARTS) is 1. The molecule has 2 fully saturated rings. The molecule has 1 aromatic rings. The molecule has 0 aliphatic carbocycles. The molecule has 2 amide bonds. The molecule has 0 spiro atoms. The normalized spacial score (nSPS) is 27.9. The number of rotatable bonds is 5. The van der Waals surface area contributed by atoms with E-state index in [1.54, 1.807) is 45.0 Å². The first-order chi connectivity index (χ1) is 11.7. The summed E-state index contributed by atoms with van der Waals surface area (Å²) in [5, 5.41) is 13.6.